The van der Waals surface area contributed by atoms with Crippen molar-refractivity contribution >= 4 is 33.3 Å². The Kier molecular flexibility index (Phi) is 10.9. The Morgan fingerprint density at radius 3 is 2.36 bits per heavy atom. The van der Waals surface area contributed by atoms with E-state index >= 15 is 0 Å². The van der Waals surface area contributed by atoms with Gasteiger partial charge in [-0.15, -0.1) is 0 Å². The lowest BCUT2D eigenvalue weighted by atomic mass is 9.97. The van der Waals surface area contributed by atoms with Gasteiger partial charge in [0.15, 0.2) is 0 Å². The second kappa shape index (κ2) is 14.6. The molecule has 44 heavy (non-hydrogen) atoms. The van der Waals surface area contributed by atoms with Crippen molar-refractivity contribution in [2.45, 2.75) is 57.3 Å². The molecule has 1 aliphatic rings. The summed E-state index contributed by atoms with van der Waals surface area (Å²) in [5, 5.41) is 0. The molecule has 0 radical (unpaired) electrons. The van der Waals surface area contributed by atoms with Gasteiger partial charge in [0.25, 0.3) is 15.9 Å². The van der Waals surface area contributed by atoms with Gasteiger partial charge in [-0.25, -0.2) is 13.2 Å². The first-order valence-electron chi connectivity index (χ1n) is 15.2. The third kappa shape index (κ3) is 7.53. The van der Waals surface area contributed by atoms with Crippen LogP contribution >= 0.6 is 0 Å². The number of methoxy groups -OCH3 is 2. The van der Waals surface area contributed by atoms with E-state index in [4.69, 9.17) is 9.47 Å². The Morgan fingerprint density at radius 1 is 0.955 bits per heavy atom. The molecular weight excluding hydrogens is 578 g/mol. The molecule has 1 heterocycles. The number of nitrogens with zero attached hydrogens (tertiary/aromatic N) is 2. The van der Waals surface area contributed by atoms with E-state index in [-0.39, 0.29) is 27.6 Å². The van der Waals surface area contributed by atoms with Gasteiger partial charge in [0.05, 0.1) is 36.1 Å². The van der Waals surface area contributed by atoms with Crippen molar-refractivity contribution < 1.29 is 27.5 Å². The highest BCUT2D eigenvalue weighted by atomic mass is 32.2. The van der Waals surface area contributed by atoms with Gasteiger partial charge < -0.3 is 19.3 Å². The molecule has 3 aromatic rings. The lowest BCUT2D eigenvalue weighted by Gasteiger charge is -2.37. The van der Waals surface area contributed by atoms with E-state index in [2.05, 4.69) is 42.5 Å². The average molecular weight is 622 g/mol. The number of nitrogens with one attached hydrogen (secondary N) is 1. The van der Waals surface area contributed by atoms with Crippen molar-refractivity contribution in [1.82, 2.24) is 4.90 Å². The van der Waals surface area contributed by atoms with Gasteiger partial charge in [0.2, 0.25) is 0 Å². The highest BCUT2D eigenvalue weighted by Crippen LogP contribution is 2.33. The number of carbonyl (C=O) groups excluding carboxylic acids is 2. The summed E-state index contributed by atoms with van der Waals surface area (Å²) >= 11 is 0. The molecule has 1 N–H and O–H groups in total. The van der Waals surface area contributed by atoms with Gasteiger partial charge in [-0.05, 0) is 78.8 Å². The molecule has 9 nitrogen and oxygen atoms in total. The maximum absolute atomic E-state index is 13.5. The maximum Gasteiger partial charge on any atom is 0.340 e. The van der Waals surface area contributed by atoms with E-state index in [1.807, 2.05) is 6.07 Å². The first kappa shape index (κ1) is 32.9. The summed E-state index contributed by atoms with van der Waals surface area (Å²) in [6.07, 6.45) is 3.74. The van der Waals surface area contributed by atoms with Crippen LogP contribution in [0.3, 0.4) is 0 Å². The van der Waals surface area contributed by atoms with E-state index in [9.17, 15) is 18.0 Å². The second-order valence-corrected chi connectivity index (χ2v) is 12.8. The Labute approximate surface area is 261 Å². The van der Waals surface area contributed by atoms with Gasteiger partial charge in [-0.1, -0.05) is 45.4 Å². The molecule has 1 atom stereocenters. The molecule has 1 aliphatic heterocycles. The van der Waals surface area contributed by atoms with Gasteiger partial charge in [-0.3, -0.25) is 9.52 Å². The van der Waals surface area contributed by atoms with Crippen molar-refractivity contribution in [3.05, 3.63) is 82.9 Å². The van der Waals surface area contributed by atoms with E-state index < -0.39 is 16.0 Å². The van der Waals surface area contributed by atoms with E-state index in [0.717, 1.165) is 42.7 Å². The van der Waals surface area contributed by atoms with Crippen LogP contribution < -0.4 is 14.4 Å². The van der Waals surface area contributed by atoms with Crippen molar-refractivity contribution in [1.29, 1.82) is 0 Å². The zero-order chi connectivity index (χ0) is 31.9. The van der Waals surface area contributed by atoms with Gasteiger partial charge in [0.1, 0.15) is 5.75 Å². The normalized spacial score (nSPS) is 14.2. The van der Waals surface area contributed by atoms with Crippen molar-refractivity contribution in [3.8, 4) is 5.75 Å². The molecule has 10 heteroatoms. The standard InChI is InChI=1S/C34H43N3O6S/c1-6-8-10-25-13-15-30(29(21-25)34(39)43-5)35-44(40,41)28-12-9-11-27(22-28)33(38)37-19-17-36(18-20-37)31-23-26(24(3)7-2)14-16-32(31)42-4/h9,11-16,21-24,35H,6-8,10,17-20H2,1-5H3. The number of piperazine rings is 1. The topological polar surface area (TPSA) is 105 Å². The number of esters is 1. The number of amides is 1. The summed E-state index contributed by atoms with van der Waals surface area (Å²) in [4.78, 5) is 29.9. The molecule has 1 saturated heterocycles. The average Bonchev–Trinajstić information content (AvgIpc) is 3.06. The summed E-state index contributed by atoms with van der Waals surface area (Å²) in [5.74, 6) is 0.358. The van der Waals surface area contributed by atoms with Crippen LogP contribution in [0.25, 0.3) is 0 Å². The van der Waals surface area contributed by atoms with Crippen molar-refractivity contribution in [3.63, 3.8) is 0 Å². The minimum Gasteiger partial charge on any atom is -0.495 e. The number of ether oxygens (including phenoxy) is 2. The predicted molar refractivity (Wildman–Crippen MR) is 173 cm³/mol. The minimum absolute atomic E-state index is 0.0699. The summed E-state index contributed by atoms with van der Waals surface area (Å²) in [7, 11) is -1.19. The molecule has 0 saturated carbocycles. The molecule has 3 aromatic carbocycles. The van der Waals surface area contributed by atoms with Gasteiger partial charge in [-0.2, -0.15) is 0 Å². The van der Waals surface area contributed by atoms with Crippen LogP contribution in [0.2, 0.25) is 0 Å². The molecule has 0 aliphatic carbocycles. The predicted octanol–water partition coefficient (Wildman–Crippen LogP) is 6.10. The summed E-state index contributed by atoms with van der Waals surface area (Å²) < 4.78 is 39.9. The zero-order valence-corrected chi connectivity index (χ0v) is 27.1. The number of hydrogen-bond donors (Lipinski definition) is 1. The first-order chi connectivity index (χ1) is 21.1. The molecule has 4 rings (SSSR count). The number of anilines is 2. The lowest BCUT2D eigenvalue weighted by molar-refractivity contribution is 0.0601. The summed E-state index contributed by atoms with van der Waals surface area (Å²) in [5.41, 5.74) is 3.73. The summed E-state index contributed by atoms with van der Waals surface area (Å²) in [6.45, 7) is 8.66. The van der Waals surface area contributed by atoms with E-state index in [0.29, 0.717) is 32.1 Å². The molecular formula is C34H43N3O6S. The molecule has 0 spiro atoms. The molecule has 0 aromatic heterocycles. The molecule has 236 valence electrons. The van der Waals surface area contributed by atoms with Crippen molar-refractivity contribution in [2.24, 2.45) is 0 Å². The molecule has 0 bridgehead atoms. The fourth-order valence-electron chi connectivity index (χ4n) is 5.33. The second-order valence-electron chi connectivity index (χ2n) is 11.1. The monoisotopic (exact) mass is 621 g/mol. The van der Waals surface area contributed by atoms with Crippen LogP contribution in [-0.4, -0.2) is 65.6 Å². The van der Waals surface area contributed by atoms with Crippen LogP contribution in [0.15, 0.2) is 65.6 Å². The quantitative estimate of drug-likeness (QED) is 0.244. The highest BCUT2D eigenvalue weighted by molar-refractivity contribution is 7.92. The number of carbonyl (C=O) groups is 2. The maximum atomic E-state index is 13.5. The molecule has 1 fully saturated rings. The number of unbranched alkanes of at least 4 members (excludes halogenated alkanes) is 1. The fraction of sp³-hybridized carbons (Fsp3) is 0.412. The Hall–Kier alpha value is -4.05. The van der Waals surface area contributed by atoms with Crippen LogP contribution in [0, 0.1) is 0 Å². The largest absolute Gasteiger partial charge is 0.495 e. The SMILES string of the molecule is CCCCc1ccc(NS(=O)(=O)c2cccc(C(=O)N3CCN(c4cc(C(C)CC)ccc4OC)CC3)c2)c(C(=O)OC)c1. The van der Waals surface area contributed by atoms with Crippen LogP contribution in [0.5, 0.6) is 5.75 Å². The number of benzene rings is 3. The van der Waals surface area contributed by atoms with Crippen LogP contribution in [0.4, 0.5) is 11.4 Å². The van der Waals surface area contributed by atoms with E-state index in [1.165, 1.54) is 24.8 Å². The van der Waals surface area contributed by atoms with E-state index in [1.54, 1.807) is 42.3 Å². The molecule has 1 unspecified atom stereocenters. The van der Waals surface area contributed by atoms with Crippen LogP contribution in [-0.2, 0) is 21.2 Å². The number of aryl methyl sites for hydroxylation is 1. The summed E-state index contributed by atoms with van der Waals surface area (Å²) in [6, 6.07) is 17.3. The lowest BCUT2D eigenvalue weighted by Crippen LogP contribution is -2.49. The third-order valence-corrected chi connectivity index (χ3v) is 9.60. The minimum atomic E-state index is -4.11. The number of hydrogen-bond acceptors (Lipinski definition) is 7. The number of sulfonamides is 1. The Balaban J connectivity index is 1.49. The smallest absolute Gasteiger partial charge is 0.340 e. The van der Waals surface area contributed by atoms with Gasteiger partial charge >= 0.3 is 5.97 Å². The fourth-order valence-corrected chi connectivity index (χ4v) is 6.45. The number of rotatable bonds is 12. The third-order valence-electron chi connectivity index (χ3n) is 8.24. The molecule has 1 amide bonds. The van der Waals surface area contributed by atoms with Crippen molar-refractivity contribution in [2.75, 3.05) is 50.0 Å². The first-order valence-corrected chi connectivity index (χ1v) is 16.7. The Morgan fingerprint density at radius 2 is 1.70 bits per heavy atom. The zero-order valence-electron chi connectivity index (χ0n) is 26.3. The van der Waals surface area contributed by atoms with Gasteiger partial charge in [0, 0.05) is 31.7 Å². The highest BCUT2D eigenvalue weighted by Gasteiger charge is 2.26. The Bertz CT molecular complexity index is 1580. The van der Waals surface area contributed by atoms with Crippen LogP contribution in [0.1, 0.15) is 77.8 Å².